The predicted octanol–water partition coefficient (Wildman–Crippen LogP) is 4.28. The first kappa shape index (κ1) is 22.8. The second kappa shape index (κ2) is 9.82. The number of carbonyl (C=O) groups excluding carboxylic acids is 1. The molecule has 0 aliphatic carbocycles. The van der Waals surface area contributed by atoms with Gasteiger partial charge in [-0.15, -0.1) is 0 Å². The zero-order chi connectivity index (χ0) is 21.6. The first-order valence-corrected chi connectivity index (χ1v) is 10.3. The molecule has 0 aromatic heterocycles. The monoisotopic (exact) mass is 444 g/mol. The lowest BCUT2D eigenvalue weighted by molar-refractivity contribution is -0.111. The van der Waals surface area contributed by atoms with Gasteiger partial charge >= 0.3 is 6.61 Å². The van der Waals surface area contributed by atoms with E-state index in [2.05, 4.69) is 14.8 Å². The number of halogens is 3. The van der Waals surface area contributed by atoms with Crippen molar-refractivity contribution >= 4 is 39.3 Å². The van der Waals surface area contributed by atoms with Gasteiger partial charge in [0, 0.05) is 17.8 Å². The van der Waals surface area contributed by atoms with E-state index in [1.807, 2.05) is 0 Å². The summed E-state index contributed by atoms with van der Waals surface area (Å²) in [4.78, 5) is 12.1. The molecule has 6 nitrogen and oxygen atoms in total. The molecule has 0 spiro atoms. The normalized spacial score (nSPS) is 12.0. The van der Waals surface area contributed by atoms with Gasteiger partial charge in [0.1, 0.15) is 5.75 Å². The summed E-state index contributed by atoms with van der Waals surface area (Å²) in [6.07, 6.45) is 2.74. The predicted molar refractivity (Wildman–Crippen MR) is 108 cm³/mol. The van der Waals surface area contributed by atoms with Gasteiger partial charge in [-0.05, 0) is 55.8 Å². The van der Waals surface area contributed by atoms with Gasteiger partial charge in [0.2, 0.25) is 15.9 Å². The Hall–Kier alpha value is -2.49. The second-order valence-electron chi connectivity index (χ2n) is 6.19. The molecule has 0 bridgehead atoms. The molecule has 10 heteroatoms. The first-order valence-electron chi connectivity index (χ1n) is 8.42. The van der Waals surface area contributed by atoms with Gasteiger partial charge in [-0.1, -0.05) is 23.7 Å². The van der Waals surface area contributed by atoms with Crippen molar-refractivity contribution in [2.45, 2.75) is 31.4 Å². The number of hydrogen-bond acceptors (Lipinski definition) is 4. The average Bonchev–Trinajstić information content (AvgIpc) is 2.61. The third kappa shape index (κ3) is 7.12. The van der Waals surface area contributed by atoms with Crippen molar-refractivity contribution in [2.75, 3.05) is 5.32 Å². The average molecular weight is 445 g/mol. The molecule has 0 saturated carbocycles. The van der Waals surface area contributed by atoms with Gasteiger partial charge < -0.3 is 10.1 Å². The molecule has 1 amide bonds. The van der Waals surface area contributed by atoms with Crippen LogP contribution in [-0.2, 0) is 14.8 Å². The summed E-state index contributed by atoms with van der Waals surface area (Å²) in [6.45, 7) is 0.443. The van der Waals surface area contributed by atoms with E-state index in [0.717, 1.165) is 0 Å². The Morgan fingerprint density at radius 3 is 2.34 bits per heavy atom. The van der Waals surface area contributed by atoms with Crippen LogP contribution in [0.15, 0.2) is 53.4 Å². The van der Waals surface area contributed by atoms with E-state index >= 15 is 0 Å². The highest BCUT2D eigenvalue weighted by atomic mass is 35.5. The Morgan fingerprint density at radius 2 is 1.79 bits per heavy atom. The zero-order valence-corrected chi connectivity index (χ0v) is 17.1. The van der Waals surface area contributed by atoms with Crippen molar-refractivity contribution < 1.29 is 26.7 Å². The quantitative estimate of drug-likeness (QED) is 0.595. The lowest BCUT2D eigenvalue weighted by Gasteiger charge is -2.09. The minimum atomic E-state index is -3.59. The molecule has 0 aliphatic heterocycles. The fraction of sp³-hybridized carbons (Fsp3) is 0.211. The van der Waals surface area contributed by atoms with E-state index in [4.69, 9.17) is 11.6 Å². The van der Waals surface area contributed by atoms with Crippen LogP contribution in [-0.4, -0.2) is 27.0 Å². The molecule has 0 heterocycles. The van der Waals surface area contributed by atoms with Crippen LogP contribution >= 0.6 is 11.6 Å². The molecule has 2 rings (SSSR count). The molecule has 156 valence electrons. The third-order valence-corrected chi connectivity index (χ3v) is 5.39. The van der Waals surface area contributed by atoms with E-state index in [9.17, 15) is 22.0 Å². The molecule has 2 aromatic rings. The summed E-state index contributed by atoms with van der Waals surface area (Å²) >= 11 is 5.83. The molecular weight excluding hydrogens is 426 g/mol. The summed E-state index contributed by atoms with van der Waals surface area (Å²) in [7, 11) is -3.59. The summed E-state index contributed by atoms with van der Waals surface area (Å²) < 4.78 is 55.3. The van der Waals surface area contributed by atoms with E-state index in [1.165, 1.54) is 42.5 Å². The van der Waals surface area contributed by atoms with Crippen LogP contribution in [0.4, 0.5) is 14.5 Å². The second-order valence-corrected chi connectivity index (χ2v) is 8.31. The highest BCUT2D eigenvalue weighted by Gasteiger charge is 2.14. The number of hydrogen-bond donors (Lipinski definition) is 2. The summed E-state index contributed by atoms with van der Waals surface area (Å²) in [6, 6.07) is 9.64. The van der Waals surface area contributed by atoms with Crippen molar-refractivity contribution in [3.8, 4) is 5.75 Å². The van der Waals surface area contributed by atoms with E-state index in [-0.39, 0.29) is 21.7 Å². The standard InChI is InChI=1S/C19H19ClF2N2O4S/c1-12(2)24-29(26,27)15-7-3-13(4-8-15)5-10-18(25)23-14-6-9-17(16(20)11-14)28-19(21)22/h3-12,19,24H,1-2H3,(H,23,25)/b10-5+. The molecule has 0 fully saturated rings. The maximum atomic E-state index is 12.2. The number of alkyl halides is 2. The number of sulfonamides is 1. The molecule has 0 atom stereocenters. The minimum Gasteiger partial charge on any atom is -0.433 e. The van der Waals surface area contributed by atoms with Gasteiger partial charge in [-0.25, -0.2) is 13.1 Å². The van der Waals surface area contributed by atoms with Crippen molar-refractivity contribution in [1.82, 2.24) is 4.72 Å². The summed E-state index contributed by atoms with van der Waals surface area (Å²) in [5.74, 6) is -0.682. The molecule has 0 aliphatic rings. The van der Waals surface area contributed by atoms with Gasteiger partial charge in [0.25, 0.3) is 0 Å². The molecule has 2 N–H and O–H groups in total. The number of ether oxygens (including phenoxy) is 1. The van der Waals surface area contributed by atoms with Crippen molar-refractivity contribution in [2.24, 2.45) is 0 Å². The Bertz CT molecular complexity index is 994. The maximum absolute atomic E-state index is 12.2. The minimum absolute atomic E-state index is 0.0705. The zero-order valence-electron chi connectivity index (χ0n) is 15.5. The lowest BCUT2D eigenvalue weighted by Crippen LogP contribution is -2.30. The van der Waals surface area contributed by atoms with Crippen LogP contribution in [0.25, 0.3) is 6.08 Å². The summed E-state index contributed by atoms with van der Waals surface area (Å²) in [5, 5.41) is 2.46. The highest BCUT2D eigenvalue weighted by molar-refractivity contribution is 7.89. The van der Waals surface area contributed by atoms with E-state index in [1.54, 1.807) is 26.0 Å². The van der Waals surface area contributed by atoms with Crippen molar-refractivity contribution in [3.05, 3.63) is 59.1 Å². The maximum Gasteiger partial charge on any atom is 0.387 e. The van der Waals surface area contributed by atoms with Crippen LogP contribution in [0.2, 0.25) is 5.02 Å². The highest BCUT2D eigenvalue weighted by Crippen LogP contribution is 2.28. The number of rotatable bonds is 8. The van der Waals surface area contributed by atoms with Crippen LogP contribution < -0.4 is 14.8 Å². The Kier molecular flexibility index (Phi) is 7.72. The van der Waals surface area contributed by atoms with Crippen LogP contribution in [0.1, 0.15) is 19.4 Å². The molecule has 0 unspecified atom stereocenters. The largest absolute Gasteiger partial charge is 0.433 e. The summed E-state index contributed by atoms with van der Waals surface area (Å²) in [5.41, 5.74) is 0.912. The Morgan fingerprint density at radius 1 is 1.14 bits per heavy atom. The van der Waals surface area contributed by atoms with Gasteiger partial charge in [-0.2, -0.15) is 8.78 Å². The van der Waals surface area contributed by atoms with Crippen LogP contribution in [0.3, 0.4) is 0 Å². The van der Waals surface area contributed by atoms with E-state index < -0.39 is 22.5 Å². The van der Waals surface area contributed by atoms with Crippen LogP contribution in [0, 0.1) is 0 Å². The molecule has 0 saturated heterocycles. The number of carbonyl (C=O) groups is 1. The third-order valence-electron chi connectivity index (χ3n) is 3.42. The van der Waals surface area contributed by atoms with Gasteiger partial charge in [0.05, 0.1) is 9.92 Å². The number of amides is 1. The van der Waals surface area contributed by atoms with Gasteiger partial charge in [0.15, 0.2) is 0 Å². The van der Waals surface area contributed by atoms with Crippen LogP contribution in [0.5, 0.6) is 5.75 Å². The molecule has 2 aromatic carbocycles. The Balaban J connectivity index is 2.01. The first-order chi connectivity index (χ1) is 13.6. The number of anilines is 1. The SMILES string of the molecule is CC(C)NS(=O)(=O)c1ccc(/C=C/C(=O)Nc2ccc(OC(F)F)c(Cl)c2)cc1. The molecular formula is C19H19ClF2N2O4S. The van der Waals surface area contributed by atoms with Gasteiger partial charge in [-0.3, -0.25) is 4.79 Å². The fourth-order valence-corrected chi connectivity index (χ4v) is 3.74. The topological polar surface area (TPSA) is 84.5 Å². The number of nitrogens with one attached hydrogen (secondary N) is 2. The fourth-order valence-electron chi connectivity index (χ4n) is 2.26. The molecule has 29 heavy (non-hydrogen) atoms. The van der Waals surface area contributed by atoms with Crippen molar-refractivity contribution in [3.63, 3.8) is 0 Å². The molecule has 0 radical (unpaired) electrons. The smallest absolute Gasteiger partial charge is 0.387 e. The van der Waals surface area contributed by atoms with Crippen molar-refractivity contribution in [1.29, 1.82) is 0 Å². The number of benzene rings is 2. The Labute approximate surface area is 172 Å². The lowest BCUT2D eigenvalue weighted by atomic mass is 10.2. The van der Waals surface area contributed by atoms with E-state index in [0.29, 0.717) is 11.3 Å².